The maximum atomic E-state index is 4.92. The number of piperidine rings is 1. The monoisotopic (exact) mass is 335 g/mol. The molecule has 0 amide bonds. The van der Waals surface area contributed by atoms with Gasteiger partial charge in [0.05, 0.1) is 17.1 Å². The van der Waals surface area contributed by atoms with Crippen LogP contribution in [0.4, 0.5) is 0 Å². The van der Waals surface area contributed by atoms with Crippen LogP contribution in [0.3, 0.4) is 0 Å². The van der Waals surface area contributed by atoms with E-state index >= 15 is 0 Å². The Morgan fingerprint density at radius 1 is 1.40 bits per heavy atom. The highest BCUT2D eigenvalue weighted by Crippen LogP contribution is 2.32. The van der Waals surface area contributed by atoms with E-state index in [1.54, 1.807) is 0 Å². The molecule has 0 radical (unpaired) electrons. The van der Waals surface area contributed by atoms with E-state index in [9.17, 15) is 0 Å². The van der Waals surface area contributed by atoms with Crippen LogP contribution in [-0.2, 0) is 0 Å². The molecule has 2 atom stereocenters. The second-order valence-electron chi connectivity index (χ2n) is 6.20. The SMILES string of the molecule is CC1CCNC(c2nc3cc(Br)ccc3n2C(C)C)C1. The molecule has 3 rings (SSSR count). The molecule has 1 N–H and O–H groups in total. The molecule has 0 aliphatic carbocycles. The van der Waals surface area contributed by atoms with Crippen LogP contribution in [0.15, 0.2) is 22.7 Å². The first-order chi connectivity index (χ1) is 9.56. The minimum Gasteiger partial charge on any atom is -0.324 e. The second-order valence-corrected chi connectivity index (χ2v) is 7.12. The number of fused-ring (bicyclic) bond motifs is 1. The van der Waals surface area contributed by atoms with Crippen LogP contribution in [-0.4, -0.2) is 16.1 Å². The molecule has 1 aromatic heterocycles. The van der Waals surface area contributed by atoms with Crippen molar-refractivity contribution in [2.24, 2.45) is 5.92 Å². The third-order valence-electron chi connectivity index (χ3n) is 4.17. The van der Waals surface area contributed by atoms with Crippen LogP contribution >= 0.6 is 15.9 Å². The summed E-state index contributed by atoms with van der Waals surface area (Å²) in [5.41, 5.74) is 2.32. The van der Waals surface area contributed by atoms with Crippen LogP contribution < -0.4 is 5.32 Å². The third kappa shape index (κ3) is 2.51. The molecule has 1 saturated heterocycles. The van der Waals surface area contributed by atoms with Gasteiger partial charge in [-0.1, -0.05) is 22.9 Å². The highest BCUT2D eigenvalue weighted by Gasteiger charge is 2.26. The van der Waals surface area contributed by atoms with Gasteiger partial charge in [0.2, 0.25) is 0 Å². The fourth-order valence-electron chi connectivity index (χ4n) is 3.18. The van der Waals surface area contributed by atoms with Crippen molar-refractivity contribution in [1.82, 2.24) is 14.9 Å². The normalized spacial score (nSPS) is 23.6. The van der Waals surface area contributed by atoms with Crippen molar-refractivity contribution in [3.8, 4) is 0 Å². The number of benzene rings is 1. The van der Waals surface area contributed by atoms with E-state index in [0.29, 0.717) is 12.1 Å². The van der Waals surface area contributed by atoms with Crippen molar-refractivity contribution >= 4 is 27.0 Å². The summed E-state index contributed by atoms with van der Waals surface area (Å²) < 4.78 is 3.48. The number of hydrogen-bond donors (Lipinski definition) is 1. The van der Waals surface area contributed by atoms with Gasteiger partial charge in [-0.3, -0.25) is 0 Å². The van der Waals surface area contributed by atoms with E-state index in [0.717, 1.165) is 22.5 Å². The first kappa shape index (κ1) is 14.1. The molecule has 2 unspecified atom stereocenters. The van der Waals surface area contributed by atoms with Crippen molar-refractivity contribution in [3.05, 3.63) is 28.5 Å². The van der Waals surface area contributed by atoms with Crippen molar-refractivity contribution in [2.45, 2.75) is 45.7 Å². The van der Waals surface area contributed by atoms with Gasteiger partial charge in [0, 0.05) is 10.5 Å². The molecular weight excluding hydrogens is 314 g/mol. The van der Waals surface area contributed by atoms with Gasteiger partial charge in [-0.2, -0.15) is 0 Å². The van der Waals surface area contributed by atoms with E-state index in [2.05, 4.69) is 64.8 Å². The first-order valence-corrected chi connectivity index (χ1v) is 8.26. The van der Waals surface area contributed by atoms with Gasteiger partial charge in [-0.15, -0.1) is 0 Å². The van der Waals surface area contributed by atoms with Crippen molar-refractivity contribution < 1.29 is 0 Å². The summed E-state index contributed by atoms with van der Waals surface area (Å²) in [6, 6.07) is 7.19. The summed E-state index contributed by atoms with van der Waals surface area (Å²) in [6.07, 6.45) is 2.45. The lowest BCUT2D eigenvalue weighted by atomic mass is 9.94. The van der Waals surface area contributed by atoms with Gasteiger partial charge >= 0.3 is 0 Å². The smallest absolute Gasteiger partial charge is 0.127 e. The minimum atomic E-state index is 0.382. The Labute approximate surface area is 128 Å². The highest BCUT2D eigenvalue weighted by atomic mass is 79.9. The summed E-state index contributed by atoms with van der Waals surface area (Å²) in [6.45, 7) is 7.90. The highest BCUT2D eigenvalue weighted by molar-refractivity contribution is 9.10. The predicted octanol–water partition coefficient (Wildman–Crippen LogP) is 4.44. The van der Waals surface area contributed by atoms with Crippen LogP contribution in [0.5, 0.6) is 0 Å². The van der Waals surface area contributed by atoms with Crippen molar-refractivity contribution in [3.63, 3.8) is 0 Å². The number of aromatic nitrogens is 2. The maximum Gasteiger partial charge on any atom is 0.127 e. The van der Waals surface area contributed by atoms with Gasteiger partial charge in [0.15, 0.2) is 0 Å². The maximum absolute atomic E-state index is 4.92. The average Bonchev–Trinajstić information content (AvgIpc) is 2.77. The number of hydrogen-bond acceptors (Lipinski definition) is 2. The van der Waals surface area contributed by atoms with Crippen molar-refractivity contribution in [1.29, 1.82) is 0 Å². The summed E-state index contributed by atoms with van der Waals surface area (Å²) in [5.74, 6) is 1.97. The summed E-state index contributed by atoms with van der Waals surface area (Å²) in [5, 5.41) is 3.64. The number of nitrogens with zero attached hydrogens (tertiary/aromatic N) is 2. The molecule has 0 spiro atoms. The molecular formula is C16H22BrN3. The minimum absolute atomic E-state index is 0.382. The summed E-state index contributed by atoms with van der Waals surface area (Å²) >= 11 is 3.54. The van der Waals surface area contributed by atoms with E-state index < -0.39 is 0 Å². The van der Waals surface area contributed by atoms with E-state index in [1.165, 1.54) is 24.2 Å². The Kier molecular flexibility index (Phi) is 3.87. The molecule has 20 heavy (non-hydrogen) atoms. The molecule has 3 nitrogen and oxygen atoms in total. The van der Waals surface area contributed by atoms with E-state index in [-0.39, 0.29) is 0 Å². The number of rotatable bonds is 2. The second kappa shape index (κ2) is 5.49. The third-order valence-corrected chi connectivity index (χ3v) is 4.67. The Hall–Kier alpha value is -0.870. The summed E-state index contributed by atoms with van der Waals surface area (Å²) in [7, 11) is 0. The van der Waals surface area contributed by atoms with Crippen LogP contribution in [0, 0.1) is 5.92 Å². The fraction of sp³-hybridized carbons (Fsp3) is 0.562. The quantitative estimate of drug-likeness (QED) is 0.879. The number of halogens is 1. The Morgan fingerprint density at radius 3 is 2.90 bits per heavy atom. The molecule has 2 aromatic rings. The molecule has 2 heterocycles. The van der Waals surface area contributed by atoms with Crippen molar-refractivity contribution in [2.75, 3.05) is 6.54 Å². The Bertz CT molecular complexity index is 617. The van der Waals surface area contributed by atoms with Crippen LogP contribution in [0.25, 0.3) is 11.0 Å². The van der Waals surface area contributed by atoms with E-state index in [1.807, 2.05) is 0 Å². The zero-order valence-corrected chi connectivity index (χ0v) is 13.9. The Balaban J connectivity index is 2.11. The van der Waals surface area contributed by atoms with Gasteiger partial charge < -0.3 is 9.88 Å². The lowest BCUT2D eigenvalue weighted by Gasteiger charge is -2.29. The lowest BCUT2D eigenvalue weighted by Crippen LogP contribution is -2.33. The largest absolute Gasteiger partial charge is 0.324 e. The Morgan fingerprint density at radius 2 is 2.20 bits per heavy atom. The predicted molar refractivity (Wildman–Crippen MR) is 87.0 cm³/mol. The standard InChI is InChI=1S/C16H22BrN3/c1-10(2)20-15-5-4-12(17)9-13(15)19-16(20)14-8-11(3)6-7-18-14/h4-5,9-11,14,18H,6-8H2,1-3H3. The molecule has 0 bridgehead atoms. The average molecular weight is 336 g/mol. The first-order valence-electron chi connectivity index (χ1n) is 7.47. The number of imidazole rings is 1. The van der Waals surface area contributed by atoms with Gasteiger partial charge in [-0.05, 0) is 57.4 Å². The van der Waals surface area contributed by atoms with Crippen LogP contribution in [0.1, 0.15) is 51.5 Å². The van der Waals surface area contributed by atoms with Gasteiger partial charge in [0.1, 0.15) is 5.82 Å². The van der Waals surface area contributed by atoms with Crippen LogP contribution in [0.2, 0.25) is 0 Å². The zero-order chi connectivity index (χ0) is 14.3. The summed E-state index contributed by atoms with van der Waals surface area (Å²) in [4.78, 5) is 4.92. The molecule has 1 aliphatic rings. The fourth-order valence-corrected chi connectivity index (χ4v) is 3.53. The lowest BCUT2D eigenvalue weighted by molar-refractivity contribution is 0.307. The van der Waals surface area contributed by atoms with E-state index in [4.69, 9.17) is 4.98 Å². The molecule has 108 valence electrons. The zero-order valence-electron chi connectivity index (χ0n) is 12.4. The molecule has 1 aliphatic heterocycles. The molecule has 4 heteroatoms. The molecule has 0 saturated carbocycles. The number of nitrogens with one attached hydrogen (secondary N) is 1. The molecule has 1 aromatic carbocycles. The molecule has 1 fully saturated rings. The topological polar surface area (TPSA) is 29.9 Å². The van der Waals surface area contributed by atoms with Gasteiger partial charge in [-0.25, -0.2) is 4.98 Å². The van der Waals surface area contributed by atoms with Gasteiger partial charge in [0.25, 0.3) is 0 Å².